The Morgan fingerprint density at radius 3 is 2.50 bits per heavy atom. The Morgan fingerprint density at radius 1 is 1.38 bits per heavy atom. The standard InChI is InChI=1S/C10H9F4NO/c1-6-4-7(11)2-3-8(6)9(16)15-5-10(12,13)14/h2-4H,5H2,1H3,(H,15,16). The van der Waals surface area contributed by atoms with E-state index in [-0.39, 0.29) is 5.56 Å². The van der Waals surface area contributed by atoms with Crippen LogP contribution < -0.4 is 5.32 Å². The van der Waals surface area contributed by atoms with Crippen LogP contribution in [0.15, 0.2) is 18.2 Å². The van der Waals surface area contributed by atoms with Gasteiger partial charge in [-0.15, -0.1) is 0 Å². The van der Waals surface area contributed by atoms with Crippen LogP contribution in [-0.4, -0.2) is 18.6 Å². The molecule has 88 valence electrons. The first kappa shape index (κ1) is 12.5. The van der Waals surface area contributed by atoms with E-state index in [1.165, 1.54) is 6.92 Å². The van der Waals surface area contributed by atoms with Gasteiger partial charge in [0.15, 0.2) is 0 Å². The normalized spacial score (nSPS) is 11.3. The van der Waals surface area contributed by atoms with Crippen LogP contribution in [-0.2, 0) is 0 Å². The largest absolute Gasteiger partial charge is 0.405 e. The summed E-state index contributed by atoms with van der Waals surface area (Å²) in [5.41, 5.74) is 0.324. The van der Waals surface area contributed by atoms with E-state index in [4.69, 9.17) is 0 Å². The molecule has 16 heavy (non-hydrogen) atoms. The number of hydrogen-bond acceptors (Lipinski definition) is 1. The molecule has 1 N–H and O–H groups in total. The number of hydrogen-bond donors (Lipinski definition) is 1. The molecule has 0 spiro atoms. The molecule has 0 heterocycles. The highest BCUT2D eigenvalue weighted by atomic mass is 19.4. The molecule has 0 aliphatic rings. The van der Waals surface area contributed by atoms with Crippen molar-refractivity contribution in [2.45, 2.75) is 13.1 Å². The van der Waals surface area contributed by atoms with Crippen LogP contribution in [0, 0.1) is 12.7 Å². The fourth-order valence-electron chi connectivity index (χ4n) is 1.16. The topological polar surface area (TPSA) is 29.1 Å². The Balaban J connectivity index is 2.74. The summed E-state index contributed by atoms with van der Waals surface area (Å²) in [5, 5.41) is 1.71. The highest BCUT2D eigenvalue weighted by Gasteiger charge is 2.28. The maximum Gasteiger partial charge on any atom is 0.405 e. The Bertz CT molecular complexity index is 400. The monoisotopic (exact) mass is 235 g/mol. The van der Waals surface area contributed by atoms with Gasteiger partial charge in [-0.05, 0) is 30.7 Å². The number of nitrogens with one attached hydrogen (secondary N) is 1. The molecule has 0 aromatic heterocycles. The second-order valence-corrected chi connectivity index (χ2v) is 3.26. The molecule has 1 aromatic rings. The zero-order valence-corrected chi connectivity index (χ0v) is 8.36. The van der Waals surface area contributed by atoms with Gasteiger partial charge in [0, 0.05) is 5.56 Å². The second kappa shape index (κ2) is 4.51. The Hall–Kier alpha value is -1.59. The number of alkyl halides is 3. The summed E-state index contributed by atoms with van der Waals surface area (Å²) in [6.45, 7) is 0.0498. The number of amides is 1. The molecule has 0 unspecified atom stereocenters. The van der Waals surface area contributed by atoms with Gasteiger partial charge >= 0.3 is 6.18 Å². The van der Waals surface area contributed by atoms with Crippen LogP contribution in [0.1, 0.15) is 15.9 Å². The van der Waals surface area contributed by atoms with Crippen LogP contribution in [0.4, 0.5) is 17.6 Å². The molecule has 1 aromatic carbocycles. The lowest BCUT2D eigenvalue weighted by Crippen LogP contribution is -2.34. The number of aryl methyl sites for hydroxylation is 1. The van der Waals surface area contributed by atoms with Crippen molar-refractivity contribution in [3.63, 3.8) is 0 Å². The van der Waals surface area contributed by atoms with E-state index in [1.54, 1.807) is 5.32 Å². The Morgan fingerprint density at radius 2 is 2.00 bits per heavy atom. The molecule has 1 amide bonds. The molecule has 0 aliphatic carbocycles. The number of carbonyl (C=O) groups is 1. The SMILES string of the molecule is Cc1cc(F)ccc1C(=O)NCC(F)(F)F. The van der Waals surface area contributed by atoms with E-state index in [9.17, 15) is 22.4 Å². The third-order valence-electron chi connectivity index (χ3n) is 1.88. The molecule has 1 rings (SSSR count). The first-order valence-corrected chi connectivity index (χ1v) is 4.41. The molecular formula is C10H9F4NO. The van der Waals surface area contributed by atoms with Crippen molar-refractivity contribution < 1.29 is 22.4 Å². The van der Waals surface area contributed by atoms with Gasteiger partial charge < -0.3 is 5.32 Å². The van der Waals surface area contributed by atoms with Crippen LogP contribution in [0.3, 0.4) is 0 Å². The minimum Gasteiger partial charge on any atom is -0.343 e. The minimum atomic E-state index is -4.45. The second-order valence-electron chi connectivity index (χ2n) is 3.26. The van der Waals surface area contributed by atoms with E-state index in [0.717, 1.165) is 18.2 Å². The van der Waals surface area contributed by atoms with E-state index in [2.05, 4.69) is 0 Å². The van der Waals surface area contributed by atoms with E-state index in [1.807, 2.05) is 0 Å². The summed E-state index contributed by atoms with van der Waals surface area (Å²) >= 11 is 0. The fraction of sp³-hybridized carbons (Fsp3) is 0.300. The highest BCUT2D eigenvalue weighted by Crippen LogP contribution is 2.14. The Labute approximate surface area is 89.3 Å². The maximum absolute atomic E-state index is 12.7. The first-order valence-electron chi connectivity index (χ1n) is 4.41. The molecular weight excluding hydrogens is 226 g/mol. The molecule has 0 bridgehead atoms. The highest BCUT2D eigenvalue weighted by molar-refractivity contribution is 5.95. The predicted octanol–water partition coefficient (Wildman–Crippen LogP) is 2.43. The van der Waals surface area contributed by atoms with Gasteiger partial charge in [-0.25, -0.2) is 4.39 Å². The maximum atomic E-state index is 12.7. The van der Waals surface area contributed by atoms with Gasteiger partial charge in [0.05, 0.1) is 0 Å². The predicted molar refractivity (Wildman–Crippen MR) is 49.5 cm³/mol. The lowest BCUT2D eigenvalue weighted by Gasteiger charge is -2.09. The van der Waals surface area contributed by atoms with Crippen LogP contribution >= 0.6 is 0 Å². The van der Waals surface area contributed by atoms with E-state index >= 15 is 0 Å². The van der Waals surface area contributed by atoms with Crippen molar-refractivity contribution in [1.29, 1.82) is 0 Å². The van der Waals surface area contributed by atoms with Gasteiger partial charge in [0.2, 0.25) is 0 Å². The van der Waals surface area contributed by atoms with Crippen LogP contribution in [0.25, 0.3) is 0 Å². The summed E-state index contributed by atoms with van der Waals surface area (Å²) in [6, 6.07) is 3.26. The van der Waals surface area contributed by atoms with Gasteiger partial charge in [-0.3, -0.25) is 4.79 Å². The van der Waals surface area contributed by atoms with Gasteiger partial charge in [0.1, 0.15) is 12.4 Å². The smallest absolute Gasteiger partial charge is 0.343 e. The molecule has 0 saturated heterocycles. The average Bonchev–Trinajstić information content (AvgIpc) is 2.13. The third kappa shape index (κ3) is 3.52. The van der Waals surface area contributed by atoms with E-state index < -0.39 is 24.4 Å². The zero-order valence-electron chi connectivity index (χ0n) is 8.36. The molecule has 2 nitrogen and oxygen atoms in total. The number of halogens is 4. The van der Waals surface area contributed by atoms with Crippen molar-refractivity contribution in [3.8, 4) is 0 Å². The zero-order chi connectivity index (χ0) is 12.3. The molecule has 0 fully saturated rings. The average molecular weight is 235 g/mol. The summed E-state index contributed by atoms with van der Waals surface area (Å²) in [5.74, 6) is -1.40. The molecule has 0 radical (unpaired) electrons. The third-order valence-corrected chi connectivity index (χ3v) is 1.88. The number of rotatable bonds is 2. The quantitative estimate of drug-likeness (QED) is 0.783. The fourth-order valence-corrected chi connectivity index (χ4v) is 1.16. The number of carbonyl (C=O) groups excluding carboxylic acids is 1. The van der Waals surface area contributed by atoms with Crippen molar-refractivity contribution >= 4 is 5.91 Å². The minimum absolute atomic E-state index is 0.0330. The Kier molecular flexibility index (Phi) is 3.51. The first-order chi connectivity index (χ1) is 7.29. The summed E-state index contributed by atoms with van der Waals surface area (Å²) < 4.78 is 48.1. The van der Waals surface area contributed by atoms with Gasteiger partial charge in [-0.1, -0.05) is 0 Å². The van der Waals surface area contributed by atoms with E-state index in [0.29, 0.717) is 5.56 Å². The van der Waals surface area contributed by atoms with Crippen LogP contribution in [0.5, 0.6) is 0 Å². The lowest BCUT2D eigenvalue weighted by atomic mass is 10.1. The van der Waals surface area contributed by atoms with Crippen molar-refractivity contribution in [3.05, 3.63) is 35.1 Å². The van der Waals surface area contributed by atoms with Crippen molar-refractivity contribution in [2.75, 3.05) is 6.54 Å². The number of benzene rings is 1. The summed E-state index contributed by atoms with van der Waals surface area (Å²) in [4.78, 5) is 11.3. The molecule has 0 aliphatic heterocycles. The van der Waals surface area contributed by atoms with Gasteiger partial charge in [0.25, 0.3) is 5.91 Å². The summed E-state index contributed by atoms with van der Waals surface area (Å²) in [7, 11) is 0. The lowest BCUT2D eigenvalue weighted by molar-refractivity contribution is -0.123. The van der Waals surface area contributed by atoms with Gasteiger partial charge in [-0.2, -0.15) is 13.2 Å². The van der Waals surface area contributed by atoms with Crippen LogP contribution in [0.2, 0.25) is 0 Å². The summed E-state index contributed by atoms with van der Waals surface area (Å²) in [6.07, 6.45) is -4.45. The van der Waals surface area contributed by atoms with Crippen molar-refractivity contribution in [1.82, 2.24) is 5.32 Å². The van der Waals surface area contributed by atoms with Crippen molar-refractivity contribution in [2.24, 2.45) is 0 Å². The molecule has 0 atom stereocenters. The molecule has 0 saturated carbocycles. The molecule has 6 heteroatoms.